The Bertz CT molecular complexity index is 242. The van der Waals surface area contributed by atoms with Gasteiger partial charge in [-0.2, -0.15) is 0 Å². The summed E-state index contributed by atoms with van der Waals surface area (Å²) in [5.74, 6) is 0. The molecule has 2 N–H and O–H groups in total. The lowest BCUT2D eigenvalue weighted by Gasteiger charge is -2.02. The van der Waals surface area contributed by atoms with E-state index in [0.29, 0.717) is 6.61 Å². The summed E-state index contributed by atoms with van der Waals surface area (Å²) in [5, 5.41) is 18.4. The summed E-state index contributed by atoms with van der Waals surface area (Å²) < 4.78 is 0. The average Bonchev–Trinajstić information content (AvgIpc) is 2.45. The molecule has 0 spiro atoms. The molecule has 0 aromatic heterocycles. The minimum atomic E-state index is -0.318. The van der Waals surface area contributed by atoms with E-state index in [1.807, 2.05) is 6.08 Å². The number of aliphatic hydroxyl groups excluding tert-OH is 2. The fourth-order valence-electron chi connectivity index (χ4n) is 2.19. The van der Waals surface area contributed by atoms with Gasteiger partial charge in [-0.15, -0.1) is 5.73 Å². The predicted octanol–water partition coefficient (Wildman–Crippen LogP) is 4.75. The number of aliphatic hydroxyl groups is 2. The highest BCUT2D eigenvalue weighted by atomic mass is 16.3. The van der Waals surface area contributed by atoms with E-state index in [0.717, 1.165) is 32.1 Å². The first kappa shape index (κ1) is 19.4. The average molecular weight is 282 g/mol. The monoisotopic (exact) mass is 282 g/mol. The van der Waals surface area contributed by atoms with Crippen molar-refractivity contribution < 1.29 is 10.2 Å². The summed E-state index contributed by atoms with van der Waals surface area (Å²) in [6, 6.07) is 0. The molecule has 2 heteroatoms. The Balaban J connectivity index is 3.37. The lowest BCUT2D eigenvalue weighted by molar-refractivity contribution is 0.208. The maximum Gasteiger partial charge on any atom is 0.0794 e. The Morgan fingerprint density at radius 3 is 2.25 bits per heavy atom. The van der Waals surface area contributed by atoms with Gasteiger partial charge in [-0.25, -0.2) is 0 Å². The van der Waals surface area contributed by atoms with Gasteiger partial charge in [-0.1, -0.05) is 58.3 Å². The standard InChI is InChI=1S/C18H34O2/c1-2-3-4-12-15-18(20)16-13-10-8-6-5-7-9-11-14-17-19/h10,16,18-20H,2-9,11-12,14-15,17H2,1H3. The third-order valence-electron chi connectivity index (χ3n) is 3.52. The van der Waals surface area contributed by atoms with Gasteiger partial charge in [0, 0.05) is 6.61 Å². The summed E-state index contributed by atoms with van der Waals surface area (Å²) in [6.45, 7) is 2.53. The van der Waals surface area contributed by atoms with Crippen molar-refractivity contribution in [3.63, 3.8) is 0 Å². The molecule has 0 aromatic rings. The molecule has 0 aliphatic carbocycles. The van der Waals surface area contributed by atoms with E-state index in [1.165, 1.54) is 44.9 Å². The topological polar surface area (TPSA) is 40.5 Å². The van der Waals surface area contributed by atoms with Crippen molar-refractivity contribution in [2.45, 2.75) is 90.1 Å². The smallest absolute Gasteiger partial charge is 0.0794 e. The fraction of sp³-hybridized carbons (Fsp3) is 0.833. The largest absolute Gasteiger partial charge is 0.396 e. The number of hydrogen-bond acceptors (Lipinski definition) is 2. The molecule has 0 radical (unpaired) electrons. The number of hydrogen-bond donors (Lipinski definition) is 2. The van der Waals surface area contributed by atoms with Crippen LogP contribution in [-0.2, 0) is 0 Å². The molecule has 0 amide bonds. The minimum absolute atomic E-state index is 0.318. The van der Waals surface area contributed by atoms with E-state index in [-0.39, 0.29) is 6.10 Å². The Hall–Kier alpha value is -0.560. The van der Waals surface area contributed by atoms with Crippen LogP contribution in [-0.4, -0.2) is 22.9 Å². The van der Waals surface area contributed by atoms with Crippen molar-refractivity contribution in [2.24, 2.45) is 0 Å². The quantitative estimate of drug-likeness (QED) is 0.356. The third-order valence-corrected chi connectivity index (χ3v) is 3.52. The highest BCUT2D eigenvalue weighted by Crippen LogP contribution is 2.08. The molecule has 0 bridgehead atoms. The van der Waals surface area contributed by atoms with Gasteiger partial charge in [0.05, 0.1) is 6.10 Å². The van der Waals surface area contributed by atoms with Gasteiger partial charge < -0.3 is 10.2 Å². The first-order valence-electron chi connectivity index (χ1n) is 8.51. The molecule has 0 aromatic carbocycles. The Morgan fingerprint density at radius 2 is 1.55 bits per heavy atom. The van der Waals surface area contributed by atoms with Crippen LogP contribution in [0.1, 0.15) is 84.0 Å². The van der Waals surface area contributed by atoms with Crippen LogP contribution in [0.4, 0.5) is 0 Å². The van der Waals surface area contributed by atoms with E-state index >= 15 is 0 Å². The van der Waals surface area contributed by atoms with Gasteiger partial charge in [0.25, 0.3) is 0 Å². The highest BCUT2D eigenvalue weighted by Gasteiger charge is 1.97. The van der Waals surface area contributed by atoms with E-state index in [9.17, 15) is 5.11 Å². The molecule has 0 saturated carbocycles. The Kier molecular flexibility index (Phi) is 16.0. The van der Waals surface area contributed by atoms with Crippen LogP contribution in [0.25, 0.3) is 0 Å². The van der Waals surface area contributed by atoms with E-state index in [1.54, 1.807) is 6.08 Å². The normalized spacial score (nSPS) is 11.9. The zero-order chi connectivity index (χ0) is 14.9. The van der Waals surface area contributed by atoms with Gasteiger partial charge in [0.1, 0.15) is 0 Å². The number of rotatable bonds is 14. The van der Waals surface area contributed by atoms with E-state index in [2.05, 4.69) is 12.7 Å². The fourth-order valence-corrected chi connectivity index (χ4v) is 2.19. The van der Waals surface area contributed by atoms with Gasteiger partial charge in [0.15, 0.2) is 0 Å². The molecule has 0 heterocycles. The predicted molar refractivity (Wildman–Crippen MR) is 86.8 cm³/mol. The summed E-state index contributed by atoms with van der Waals surface area (Å²) in [5.41, 5.74) is 3.10. The second kappa shape index (κ2) is 16.5. The third kappa shape index (κ3) is 15.5. The van der Waals surface area contributed by atoms with Gasteiger partial charge in [0.2, 0.25) is 0 Å². The van der Waals surface area contributed by atoms with Crippen LogP contribution < -0.4 is 0 Å². The minimum Gasteiger partial charge on any atom is -0.396 e. The van der Waals surface area contributed by atoms with Crippen molar-refractivity contribution in [2.75, 3.05) is 6.61 Å². The molecule has 2 nitrogen and oxygen atoms in total. The molecule has 1 unspecified atom stereocenters. The summed E-state index contributed by atoms with van der Waals surface area (Å²) in [7, 11) is 0. The second-order valence-corrected chi connectivity index (χ2v) is 5.59. The lowest BCUT2D eigenvalue weighted by Crippen LogP contribution is -2.00. The molecular formula is C18H34O2. The molecule has 0 fully saturated rings. The van der Waals surface area contributed by atoms with Crippen molar-refractivity contribution >= 4 is 0 Å². The molecule has 1 atom stereocenters. The summed E-state index contributed by atoms with van der Waals surface area (Å²) >= 11 is 0. The zero-order valence-corrected chi connectivity index (χ0v) is 13.3. The van der Waals surface area contributed by atoms with Crippen LogP contribution in [0.2, 0.25) is 0 Å². The van der Waals surface area contributed by atoms with Crippen LogP contribution in [0, 0.1) is 0 Å². The van der Waals surface area contributed by atoms with E-state index < -0.39 is 0 Å². The van der Waals surface area contributed by atoms with Crippen LogP contribution >= 0.6 is 0 Å². The van der Waals surface area contributed by atoms with Crippen LogP contribution in [0.3, 0.4) is 0 Å². The number of unbranched alkanes of at least 4 members (excludes halogenated alkanes) is 9. The molecule has 118 valence electrons. The Morgan fingerprint density at radius 1 is 0.900 bits per heavy atom. The molecule has 20 heavy (non-hydrogen) atoms. The molecule has 0 rings (SSSR count). The van der Waals surface area contributed by atoms with Gasteiger partial charge in [-0.05, 0) is 37.8 Å². The van der Waals surface area contributed by atoms with Crippen molar-refractivity contribution in [3.8, 4) is 0 Å². The maximum atomic E-state index is 9.71. The summed E-state index contributed by atoms with van der Waals surface area (Å²) in [6.07, 6.45) is 17.3. The molecular weight excluding hydrogens is 248 g/mol. The molecule has 0 aliphatic rings. The van der Waals surface area contributed by atoms with Gasteiger partial charge in [-0.3, -0.25) is 0 Å². The first-order chi connectivity index (χ1) is 9.81. The van der Waals surface area contributed by atoms with Crippen LogP contribution in [0.5, 0.6) is 0 Å². The van der Waals surface area contributed by atoms with Crippen molar-refractivity contribution in [1.29, 1.82) is 0 Å². The first-order valence-corrected chi connectivity index (χ1v) is 8.51. The second-order valence-electron chi connectivity index (χ2n) is 5.59. The van der Waals surface area contributed by atoms with E-state index in [4.69, 9.17) is 5.11 Å². The summed E-state index contributed by atoms with van der Waals surface area (Å²) in [4.78, 5) is 0. The van der Waals surface area contributed by atoms with Crippen molar-refractivity contribution in [3.05, 3.63) is 17.9 Å². The molecule has 0 aliphatic heterocycles. The van der Waals surface area contributed by atoms with Crippen LogP contribution in [0.15, 0.2) is 17.9 Å². The SMILES string of the molecule is CCCCCCC(O)C=C=CCCCCCCCCO. The maximum absolute atomic E-state index is 9.71. The van der Waals surface area contributed by atoms with Gasteiger partial charge >= 0.3 is 0 Å². The van der Waals surface area contributed by atoms with Crippen molar-refractivity contribution in [1.82, 2.24) is 0 Å². The molecule has 0 saturated heterocycles. The lowest BCUT2D eigenvalue weighted by atomic mass is 10.1. The Labute approximate surface area is 125 Å². The zero-order valence-electron chi connectivity index (χ0n) is 13.3. The highest BCUT2D eigenvalue weighted by molar-refractivity contribution is 4.89.